The van der Waals surface area contributed by atoms with E-state index in [0.717, 1.165) is 6.54 Å². The summed E-state index contributed by atoms with van der Waals surface area (Å²) in [7, 11) is 0. The van der Waals surface area contributed by atoms with Crippen LogP contribution in [0.1, 0.15) is 32.3 Å². The number of hydrogen-bond acceptors (Lipinski definition) is 1. The second kappa shape index (κ2) is 3.74. The summed E-state index contributed by atoms with van der Waals surface area (Å²) in [5.74, 6) is 0. The Kier molecular flexibility index (Phi) is 2.60. The molecule has 0 amide bonds. The topological polar surface area (TPSA) is 3.01 Å². The molecule has 0 N–H and O–H groups in total. The highest BCUT2D eigenvalue weighted by Gasteiger charge is 2.45. The number of benzene rings is 1. The van der Waals surface area contributed by atoms with Crippen molar-refractivity contribution in [2.24, 2.45) is 0 Å². The molecule has 2 rings (SSSR count). The predicted molar refractivity (Wildman–Crippen MR) is 60.2 cm³/mol. The Balaban J connectivity index is 1.90. The first kappa shape index (κ1) is 9.72. The number of rotatable bonds is 4. The molecule has 1 aliphatic heterocycles. The highest BCUT2D eigenvalue weighted by molar-refractivity contribution is 5.17. The van der Waals surface area contributed by atoms with Gasteiger partial charge in [0.1, 0.15) is 0 Å². The van der Waals surface area contributed by atoms with E-state index in [1.807, 2.05) is 0 Å². The van der Waals surface area contributed by atoms with Crippen LogP contribution in [-0.2, 0) is 6.54 Å². The van der Waals surface area contributed by atoms with Gasteiger partial charge in [0, 0.05) is 18.6 Å². The van der Waals surface area contributed by atoms with E-state index in [-0.39, 0.29) is 0 Å². The third-order valence-corrected chi connectivity index (χ3v) is 3.20. The minimum atomic E-state index is 0.505. The van der Waals surface area contributed by atoms with Crippen LogP contribution < -0.4 is 0 Å². The number of hydrogen-bond donors (Lipinski definition) is 0. The SMILES string of the molecule is CCCC1(C)CN1Cc1ccccc1. The zero-order valence-electron chi connectivity index (χ0n) is 9.16. The fraction of sp³-hybridized carbons (Fsp3) is 0.538. The summed E-state index contributed by atoms with van der Waals surface area (Å²) in [6, 6.07) is 10.7. The summed E-state index contributed by atoms with van der Waals surface area (Å²) in [4.78, 5) is 2.56. The lowest BCUT2D eigenvalue weighted by Crippen LogP contribution is -2.13. The van der Waals surface area contributed by atoms with Crippen LogP contribution in [-0.4, -0.2) is 17.0 Å². The molecule has 0 saturated carbocycles. The summed E-state index contributed by atoms with van der Waals surface area (Å²) in [5.41, 5.74) is 1.94. The first-order valence-corrected chi connectivity index (χ1v) is 5.53. The van der Waals surface area contributed by atoms with Gasteiger partial charge in [0.15, 0.2) is 0 Å². The highest BCUT2D eigenvalue weighted by Crippen LogP contribution is 2.37. The van der Waals surface area contributed by atoms with Crippen LogP contribution in [0, 0.1) is 0 Å². The van der Waals surface area contributed by atoms with Crippen molar-refractivity contribution >= 4 is 0 Å². The fourth-order valence-electron chi connectivity index (χ4n) is 2.20. The molecule has 0 aliphatic carbocycles. The summed E-state index contributed by atoms with van der Waals surface area (Å²) in [6.07, 6.45) is 2.63. The minimum Gasteiger partial charge on any atom is -0.291 e. The van der Waals surface area contributed by atoms with E-state index in [0.29, 0.717) is 5.54 Å². The lowest BCUT2D eigenvalue weighted by molar-refractivity contribution is 0.398. The standard InChI is InChI=1S/C13H19N/c1-3-9-13(2)11-14(13)10-12-7-5-4-6-8-12/h4-8H,3,9-11H2,1-2H3. The van der Waals surface area contributed by atoms with Crippen LogP contribution in [0.2, 0.25) is 0 Å². The van der Waals surface area contributed by atoms with Gasteiger partial charge in [0.25, 0.3) is 0 Å². The molecule has 2 unspecified atom stereocenters. The van der Waals surface area contributed by atoms with Crippen LogP contribution in [0.4, 0.5) is 0 Å². The van der Waals surface area contributed by atoms with Crippen molar-refractivity contribution in [3.63, 3.8) is 0 Å². The average molecular weight is 189 g/mol. The van der Waals surface area contributed by atoms with Gasteiger partial charge in [-0.15, -0.1) is 0 Å². The Morgan fingerprint density at radius 3 is 2.64 bits per heavy atom. The molecule has 0 radical (unpaired) electrons. The van der Waals surface area contributed by atoms with Crippen molar-refractivity contribution in [2.45, 2.75) is 38.8 Å². The molecule has 14 heavy (non-hydrogen) atoms. The van der Waals surface area contributed by atoms with Crippen molar-refractivity contribution in [2.75, 3.05) is 6.54 Å². The van der Waals surface area contributed by atoms with Gasteiger partial charge in [-0.1, -0.05) is 43.7 Å². The van der Waals surface area contributed by atoms with Crippen LogP contribution in [0.3, 0.4) is 0 Å². The quantitative estimate of drug-likeness (QED) is 0.658. The predicted octanol–water partition coefficient (Wildman–Crippen LogP) is 3.06. The largest absolute Gasteiger partial charge is 0.291 e. The van der Waals surface area contributed by atoms with E-state index in [9.17, 15) is 0 Å². The van der Waals surface area contributed by atoms with Gasteiger partial charge in [-0.2, -0.15) is 0 Å². The zero-order valence-corrected chi connectivity index (χ0v) is 9.16. The zero-order chi connectivity index (χ0) is 10.0. The molecule has 1 aromatic rings. The maximum atomic E-state index is 2.56. The van der Waals surface area contributed by atoms with Crippen molar-refractivity contribution in [3.8, 4) is 0 Å². The van der Waals surface area contributed by atoms with Gasteiger partial charge in [-0.05, 0) is 18.9 Å². The molecule has 1 fully saturated rings. The molecule has 0 spiro atoms. The van der Waals surface area contributed by atoms with Crippen molar-refractivity contribution in [1.82, 2.24) is 4.90 Å². The second-order valence-corrected chi connectivity index (χ2v) is 4.59. The normalized spacial score (nSPS) is 30.3. The monoisotopic (exact) mass is 189 g/mol. The molecule has 1 aromatic carbocycles. The van der Waals surface area contributed by atoms with Crippen molar-refractivity contribution in [3.05, 3.63) is 35.9 Å². The summed E-state index contributed by atoms with van der Waals surface area (Å²) >= 11 is 0. The molecule has 1 aliphatic rings. The molecule has 2 atom stereocenters. The third kappa shape index (κ3) is 1.98. The first-order valence-electron chi connectivity index (χ1n) is 5.53. The Morgan fingerprint density at radius 1 is 1.29 bits per heavy atom. The lowest BCUT2D eigenvalue weighted by atomic mass is 10.1. The minimum absolute atomic E-state index is 0.505. The van der Waals surface area contributed by atoms with Gasteiger partial charge >= 0.3 is 0 Å². The smallest absolute Gasteiger partial charge is 0.0312 e. The molecule has 76 valence electrons. The Hall–Kier alpha value is -0.820. The fourth-order valence-corrected chi connectivity index (χ4v) is 2.20. The Labute approximate surface area is 86.7 Å². The van der Waals surface area contributed by atoms with Gasteiger partial charge in [-0.3, -0.25) is 4.90 Å². The second-order valence-electron chi connectivity index (χ2n) is 4.59. The van der Waals surface area contributed by atoms with Crippen LogP contribution in [0.5, 0.6) is 0 Å². The van der Waals surface area contributed by atoms with E-state index in [1.54, 1.807) is 0 Å². The van der Waals surface area contributed by atoms with Gasteiger partial charge in [0.2, 0.25) is 0 Å². The molecular formula is C13H19N. The van der Waals surface area contributed by atoms with E-state index in [4.69, 9.17) is 0 Å². The average Bonchev–Trinajstić information content (AvgIpc) is 2.78. The maximum absolute atomic E-state index is 2.56. The molecule has 1 heteroatoms. The summed E-state index contributed by atoms with van der Waals surface area (Å²) in [6.45, 7) is 7.04. The van der Waals surface area contributed by atoms with Crippen molar-refractivity contribution in [1.29, 1.82) is 0 Å². The lowest BCUT2D eigenvalue weighted by Gasteiger charge is -2.10. The van der Waals surface area contributed by atoms with Crippen LogP contribution in [0.25, 0.3) is 0 Å². The summed E-state index contributed by atoms with van der Waals surface area (Å²) in [5, 5.41) is 0. The molecule has 1 nitrogen and oxygen atoms in total. The molecule has 1 heterocycles. The maximum Gasteiger partial charge on any atom is 0.0312 e. The Morgan fingerprint density at radius 2 is 2.00 bits per heavy atom. The van der Waals surface area contributed by atoms with Crippen LogP contribution >= 0.6 is 0 Å². The number of nitrogens with zero attached hydrogens (tertiary/aromatic N) is 1. The molecule has 0 aromatic heterocycles. The van der Waals surface area contributed by atoms with Crippen molar-refractivity contribution < 1.29 is 0 Å². The third-order valence-electron chi connectivity index (χ3n) is 3.20. The van der Waals surface area contributed by atoms with Crippen LogP contribution in [0.15, 0.2) is 30.3 Å². The molecular weight excluding hydrogens is 170 g/mol. The van der Waals surface area contributed by atoms with Gasteiger partial charge < -0.3 is 0 Å². The summed E-state index contributed by atoms with van der Waals surface area (Å²) < 4.78 is 0. The van der Waals surface area contributed by atoms with E-state index < -0.39 is 0 Å². The van der Waals surface area contributed by atoms with E-state index in [1.165, 1.54) is 24.9 Å². The van der Waals surface area contributed by atoms with Gasteiger partial charge in [0.05, 0.1) is 0 Å². The highest BCUT2D eigenvalue weighted by atomic mass is 15.3. The van der Waals surface area contributed by atoms with E-state index in [2.05, 4.69) is 49.1 Å². The first-order chi connectivity index (χ1) is 6.74. The van der Waals surface area contributed by atoms with E-state index >= 15 is 0 Å². The van der Waals surface area contributed by atoms with Gasteiger partial charge in [-0.25, -0.2) is 0 Å². The molecule has 1 saturated heterocycles. The molecule has 0 bridgehead atoms. The Bertz CT molecular complexity index is 293.